The van der Waals surface area contributed by atoms with Crippen LogP contribution < -0.4 is 5.32 Å². The number of nitrogens with one attached hydrogen (secondary N) is 2. The van der Waals surface area contributed by atoms with E-state index in [4.69, 9.17) is 0 Å². The summed E-state index contributed by atoms with van der Waals surface area (Å²) in [7, 11) is 0. The highest BCUT2D eigenvalue weighted by molar-refractivity contribution is 5.97. The first kappa shape index (κ1) is 20.7. The van der Waals surface area contributed by atoms with Gasteiger partial charge in [0, 0.05) is 35.2 Å². The van der Waals surface area contributed by atoms with E-state index >= 15 is 0 Å². The number of hydrogen-bond acceptors (Lipinski definition) is 3. The summed E-state index contributed by atoms with van der Waals surface area (Å²) in [5.41, 5.74) is 4.47. The van der Waals surface area contributed by atoms with Gasteiger partial charge in [-0.1, -0.05) is 35.9 Å². The minimum absolute atomic E-state index is 0.122. The maximum absolute atomic E-state index is 13.0. The molecule has 1 aliphatic heterocycles. The quantitative estimate of drug-likeness (QED) is 0.668. The largest absolute Gasteiger partial charge is 0.358 e. The lowest BCUT2D eigenvalue weighted by atomic mass is 10.1. The van der Waals surface area contributed by atoms with Crippen LogP contribution in [0, 0.1) is 13.8 Å². The SMILES string of the molecule is Cc1ccc(C(=O)NCC(=O)N2CCCN2C(=O)Cc2c(C)[nH]c3ccccc23)cc1. The fourth-order valence-electron chi connectivity index (χ4n) is 3.99. The van der Waals surface area contributed by atoms with Gasteiger partial charge in [0.25, 0.3) is 11.8 Å². The molecule has 1 aromatic heterocycles. The number of hydrazine groups is 1. The third kappa shape index (κ3) is 4.30. The van der Waals surface area contributed by atoms with E-state index in [9.17, 15) is 14.4 Å². The molecule has 2 heterocycles. The molecule has 0 aliphatic carbocycles. The zero-order chi connectivity index (χ0) is 22.0. The van der Waals surface area contributed by atoms with Gasteiger partial charge in [-0.3, -0.25) is 19.4 Å². The minimum Gasteiger partial charge on any atom is -0.358 e. The number of nitrogens with zero attached hydrogens (tertiary/aromatic N) is 2. The third-order valence-corrected chi connectivity index (χ3v) is 5.68. The predicted molar refractivity (Wildman–Crippen MR) is 118 cm³/mol. The lowest BCUT2D eigenvalue weighted by Crippen LogP contribution is -2.49. The summed E-state index contributed by atoms with van der Waals surface area (Å²) in [4.78, 5) is 41.4. The maximum atomic E-state index is 13.0. The van der Waals surface area contributed by atoms with E-state index in [1.165, 1.54) is 10.0 Å². The molecule has 160 valence electrons. The van der Waals surface area contributed by atoms with Crippen molar-refractivity contribution in [2.24, 2.45) is 0 Å². The molecular weight excluding hydrogens is 392 g/mol. The van der Waals surface area contributed by atoms with Gasteiger partial charge in [-0.15, -0.1) is 0 Å². The van der Waals surface area contributed by atoms with Crippen LogP contribution in [0.4, 0.5) is 0 Å². The zero-order valence-electron chi connectivity index (χ0n) is 17.8. The van der Waals surface area contributed by atoms with Crippen LogP contribution in [0.15, 0.2) is 48.5 Å². The molecule has 0 spiro atoms. The molecule has 3 amide bonds. The zero-order valence-corrected chi connectivity index (χ0v) is 17.8. The van der Waals surface area contributed by atoms with Gasteiger partial charge in [-0.25, -0.2) is 5.01 Å². The van der Waals surface area contributed by atoms with Crippen molar-refractivity contribution in [1.82, 2.24) is 20.3 Å². The third-order valence-electron chi connectivity index (χ3n) is 5.68. The molecule has 0 atom stereocenters. The van der Waals surface area contributed by atoms with E-state index in [0.717, 1.165) is 34.1 Å². The van der Waals surface area contributed by atoms with Crippen LogP contribution in [0.25, 0.3) is 10.9 Å². The molecule has 2 N–H and O–H groups in total. The van der Waals surface area contributed by atoms with Crippen molar-refractivity contribution in [3.8, 4) is 0 Å². The second-order valence-electron chi connectivity index (χ2n) is 7.89. The van der Waals surface area contributed by atoms with Crippen LogP contribution in [0.2, 0.25) is 0 Å². The van der Waals surface area contributed by atoms with E-state index in [1.54, 1.807) is 12.1 Å². The number of fused-ring (bicyclic) bond motifs is 1. The van der Waals surface area contributed by atoms with Crippen LogP contribution >= 0.6 is 0 Å². The van der Waals surface area contributed by atoms with Gasteiger partial charge in [0.05, 0.1) is 13.0 Å². The Morgan fingerprint density at radius 2 is 1.61 bits per heavy atom. The average molecular weight is 418 g/mol. The van der Waals surface area contributed by atoms with Crippen LogP contribution in [-0.2, 0) is 16.0 Å². The van der Waals surface area contributed by atoms with Crippen LogP contribution in [-0.4, -0.2) is 52.4 Å². The number of carbonyl (C=O) groups excluding carboxylic acids is 3. The highest BCUT2D eigenvalue weighted by Crippen LogP contribution is 2.24. The van der Waals surface area contributed by atoms with E-state index in [1.807, 2.05) is 50.2 Å². The lowest BCUT2D eigenvalue weighted by Gasteiger charge is -2.28. The summed E-state index contributed by atoms with van der Waals surface area (Å²) < 4.78 is 0. The summed E-state index contributed by atoms with van der Waals surface area (Å²) in [6.07, 6.45) is 0.936. The molecule has 1 fully saturated rings. The van der Waals surface area contributed by atoms with Gasteiger partial charge in [0.15, 0.2) is 0 Å². The Bertz CT molecular complexity index is 1130. The number of aryl methyl sites for hydroxylation is 2. The van der Waals surface area contributed by atoms with E-state index in [2.05, 4.69) is 10.3 Å². The fourth-order valence-corrected chi connectivity index (χ4v) is 3.99. The molecule has 0 unspecified atom stereocenters. The Morgan fingerprint density at radius 1 is 0.935 bits per heavy atom. The Balaban J connectivity index is 1.40. The second kappa shape index (κ2) is 8.63. The summed E-state index contributed by atoms with van der Waals surface area (Å²) >= 11 is 0. The van der Waals surface area contributed by atoms with E-state index in [0.29, 0.717) is 18.7 Å². The monoisotopic (exact) mass is 418 g/mol. The number of hydrogen-bond donors (Lipinski definition) is 2. The Labute approximate surface area is 181 Å². The Hall–Kier alpha value is -3.61. The van der Waals surface area contributed by atoms with Gasteiger partial charge >= 0.3 is 0 Å². The highest BCUT2D eigenvalue weighted by atomic mass is 16.2. The number of rotatable bonds is 5. The van der Waals surface area contributed by atoms with Gasteiger partial charge in [0.2, 0.25) is 5.91 Å². The van der Waals surface area contributed by atoms with Crippen LogP contribution in [0.3, 0.4) is 0 Å². The second-order valence-corrected chi connectivity index (χ2v) is 7.89. The minimum atomic E-state index is -0.306. The van der Waals surface area contributed by atoms with Gasteiger partial charge in [-0.05, 0) is 44.0 Å². The molecule has 0 saturated carbocycles. The number of amides is 3. The topological polar surface area (TPSA) is 85.5 Å². The Morgan fingerprint density at radius 3 is 2.35 bits per heavy atom. The molecule has 0 radical (unpaired) electrons. The van der Waals surface area contributed by atoms with Crippen molar-refractivity contribution in [3.63, 3.8) is 0 Å². The van der Waals surface area contributed by atoms with Gasteiger partial charge in [0.1, 0.15) is 0 Å². The first-order chi connectivity index (χ1) is 14.9. The van der Waals surface area contributed by atoms with Gasteiger partial charge in [-0.2, -0.15) is 0 Å². The number of para-hydroxylation sites is 1. The number of aromatic amines is 1. The molecule has 7 nitrogen and oxygen atoms in total. The first-order valence-electron chi connectivity index (χ1n) is 10.5. The smallest absolute Gasteiger partial charge is 0.260 e. The summed E-state index contributed by atoms with van der Waals surface area (Å²) in [6.45, 7) is 4.72. The van der Waals surface area contributed by atoms with Crippen LogP contribution in [0.5, 0.6) is 0 Å². The van der Waals surface area contributed by atoms with Crippen molar-refractivity contribution in [3.05, 3.63) is 70.9 Å². The van der Waals surface area contributed by atoms with Crippen molar-refractivity contribution in [1.29, 1.82) is 0 Å². The Kier molecular flexibility index (Phi) is 5.75. The molecule has 0 bridgehead atoms. The fraction of sp³-hybridized carbons (Fsp3) is 0.292. The molecule has 4 rings (SSSR count). The summed E-state index contributed by atoms with van der Waals surface area (Å²) in [5.74, 6) is -0.717. The molecule has 1 aliphatic rings. The van der Waals surface area contributed by atoms with Crippen molar-refractivity contribution in [2.45, 2.75) is 26.7 Å². The number of aromatic nitrogens is 1. The average Bonchev–Trinajstić information content (AvgIpc) is 3.37. The molecule has 1 saturated heterocycles. The molecule has 2 aromatic carbocycles. The standard InChI is InChI=1S/C24H26N4O3/c1-16-8-10-18(11-9-16)24(31)25-15-23(30)28-13-5-12-27(28)22(29)14-20-17(2)26-21-7-4-3-6-19(20)21/h3-4,6-11,26H,5,12-15H2,1-2H3,(H,25,31). The lowest BCUT2D eigenvalue weighted by molar-refractivity contribution is -0.156. The molecule has 31 heavy (non-hydrogen) atoms. The van der Waals surface area contributed by atoms with Crippen molar-refractivity contribution in [2.75, 3.05) is 19.6 Å². The van der Waals surface area contributed by atoms with Crippen molar-refractivity contribution < 1.29 is 14.4 Å². The summed E-state index contributed by atoms with van der Waals surface area (Å²) in [5, 5.41) is 6.66. The number of benzene rings is 2. The summed E-state index contributed by atoms with van der Waals surface area (Å²) in [6, 6.07) is 15.0. The molecule has 3 aromatic rings. The number of carbonyl (C=O) groups is 3. The normalized spacial score (nSPS) is 13.6. The highest BCUT2D eigenvalue weighted by Gasteiger charge is 2.31. The predicted octanol–water partition coefficient (Wildman–Crippen LogP) is 2.73. The van der Waals surface area contributed by atoms with E-state index in [-0.39, 0.29) is 30.7 Å². The molecular formula is C24H26N4O3. The van der Waals surface area contributed by atoms with Crippen molar-refractivity contribution >= 4 is 28.6 Å². The molecule has 7 heteroatoms. The van der Waals surface area contributed by atoms with Gasteiger partial charge < -0.3 is 10.3 Å². The first-order valence-corrected chi connectivity index (χ1v) is 10.5. The van der Waals surface area contributed by atoms with Crippen LogP contribution in [0.1, 0.15) is 33.6 Å². The van der Waals surface area contributed by atoms with E-state index < -0.39 is 0 Å². The maximum Gasteiger partial charge on any atom is 0.260 e. The number of H-pyrrole nitrogens is 1.